The molecule has 0 radical (unpaired) electrons. The number of hydrogen-bond donors (Lipinski definition) is 1. The van der Waals surface area contributed by atoms with Gasteiger partial charge in [0.1, 0.15) is 5.75 Å². The van der Waals surface area contributed by atoms with Gasteiger partial charge >= 0.3 is 0 Å². The summed E-state index contributed by atoms with van der Waals surface area (Å²) in [6.45, 7) is 4.85. The van der Waals surface area contributed by atoms with Crippen LogP contribution in [-0.4, -0.2) is 48.1 Å². The van der Waals surface area contributed by atoms with Crippen LogP contribution in [0, 0.1) is 0 Å². The minimum absolute atomic E-state index is 0.200. The predicted octanol–water partition coefficient (Wildman–Crippen LogP) is 2.83. The lowest BCUT2D eigenvalue weighted by Crippen LogP contribution is -2.48. The van der Waals surface area contributed by atoms with Crippen LogP contribution < -0.4 is 15.4 Å². The fourth-order valence-corrected chi connectivity index (χ4v) is 3.95. The van der Waals surface area contributed by atoms with Crippen molar-refractivity contribution in [1.29, 1.82) is 0 Å². The van der Waals surface area contributed by atoms with E-state index >= 15 is 0 Å². The maximum atomic E-state index is 11.2. The van der Waals surface area contributed by atoms with Crippen LogP contribution in [0.5, 0.6) is 5.75 Å². The van der Waals surface area contributed by atoms with Crippen molar-refractivity contribution < 1.29 is 9.53 Å². The smallest absolute Gasteiger partial charge is 0.218 e. The number of hydrogen-bond acceptors (Lipinski definition) is 5. The van der Waals surface area contributed by atoms with E-state index in [9.17, 15) is 4.79 Å². The van der Waals surface area contributed by atoms with Gasteiger partial charge in [-0.15, -0.1) is 0 Å². The summed E-state index contributed by atoms with van der Waals surface area (Å²) in [5.41, 5.74) is 7.76. The summed E-state index contributed by atoms with van der Waals surface area (Å²) >= 11 is 0. The van der Waals surface area contributed by atoms with E-state index in [1.54, 1.807) is 13.3 Å². The Labute approximate surface area is 167 Å². The van der Waals surface area contributed by atoms with Crippen molar-refractivity contribution in [3.63, 3.8) is 0 Å². The van der Waals surface area contributed by atoms with Gasteiger partial charge in [0.05, 0.1) is 7.11 Å². The Morgan fingerprint density at radius 2 is 2.00 bits per heavy atom. The van der Waals surface area contributed by atoms with E-state index < -0.39 is 0 Å². The third kappa shape index (κ3) is 5.23. The number of primary amides is 1. The number of benzene rings is 1. The molecule has 2 aromatic rings. The number of anilines is 1. The summed E-state index contributed by atoms with van der Waals surface area (Å²) in [4.78, 5) is 20.3. The highest BCUT2D eigenvalue weighted by atomic mass is 16.5. The van der Waals surface area contributed by atoms with Gasteiger partial charge in [-0.3, -0.25) is 14.7 Å². The summed E-state index contributed by atoms with van der Waals surface area (Å²) in [6.07, 6.45) is 6.26. The Balaban J connectivity index is 1.73. The Morgan fingerprint density at radius 3 is 2.57 bits per heavy atom. The van der Waals surface area contributed by atoms with Gasteiger partial charge in [0, 0.05) is 56.2 Å². The first-order valence-electron chi connectivity index (χ1n) is 9.88. The van der Waals surface area contributed by atoms with Crippen molar-refractivity contribution in [2.75, 3.05) is 25.1 Å². The molecular formula is C22H30N4O2. The Kier molecular flexibility index (Phi) is 6.87. The molecule has 1 amide bonds. The number of nitrogens with zero attached hydrogens (tertiary/aromatic N) is 3. The zero-order chi connectivity index (χ0) is 19.9. The number of carbonyl (C=O) groups is 1. The molecule has 1 aromatic heterocycles. The Hall–Kier alpha value is -2.60. The molecular weight excluding hydrogens is 352 g/mol. The number of aromatic nitrogens is 1. The monoisotopic (exact) mass is 382 g/mol. The van der Waals surface area contributed by atoms with E-state index in [2.05, 4.69) is 39.9 Å². The van der Waals surface area contributed by atoms with Crippen LogP contribution in [0.2, 0.25) is 0 Å². The highest BCUT2D eigenvalue weighted by molar-refractivity contribution is 5.74. The van der Waals surface area contributed by atoms with Gasteiger partial charge in [-0.1, -0.05) is 6.07 Å². The number of pyridine rings is 1. The van der Waals surface area contributed by atoms with Crippen molar-refractivity contribution in [2.24, 2.45) is 5.73 Å². The second-order valence-electron chi connectivity index (χ2n) is 7.47. The number of amides is 1. The second kappa shape index (κ2) is 9.55. The summed E-state index contributed by atoms with van der Waals surface area (Å²) in [5.74, 6) is 0.631. The molecule has 6 nitrogen and oxygen atoms in total. The molecule has 0 aliphatic carbocycles. The molecule has 6 heteroatoms. The van der Waals surface area contributed by atoms with Crippen LogP contribution in [0.1, 0.15) is 31.7 Å². The number of carbonyl (C=O) groups excluding carboxylic acids is 1. The molecule has 0 unspecified atom stereocenters. The fraction of sp³-hybridized carbons (Fsp3) is 0.455. The van der Waals surface area contributed by atoms with Gasteiger partial charge in [-0.2, -0.15) is 0 Å². The molecule has 28 heavy (non-hydrogen) atoms. The van der Waals surface area contributed by atoms with Crippen molar-refractivity contribution in [3.8, 4) is 5.75 Å². The van der Waals surface area contributed by atoms with Gasteiger partial charge in [-0.05, 0) is 55.7 Å². The molecule has 2 N–H and O–H groups in total. The summed E-state index contributed by atoms with van der Waals surface area (Å²) in [5, 5.41) is 0. The van der Waals surface area contributed by atoms with Crippen LogP contribution in [0.25, 0.3) is 0 Å². The van der Waals surface area contributed by atoms with Crippen molar-refractivity contribution in [3.05, 3.63) is 54.4 Å². The minimum atomic E-state index is -0.230. The van der Waals surface area contributed by atoms with Crippen LogP contribution in [0.15, 0.2) is 48.8 Å². The first-order chi connectivity index (χ1) is 13.6. The lowest BCUT2D eigenvalue weighted by Gasteiger charge is -2.41. The predicted molar refractivity (Wildman–Crippen MR) is 111 cm³/mol. The maximum Gasteiger partial charge on any atom is 0.218 e. The molecule has 150 valence electrons. The molecule has 0 spiro atoms. The zero-order valence-corrected chi connectivity index (χ0v) is 16.8. The van der Waals surface area contributed by atoms with Crippen molar-refractivity contribution in [1.82, 2.24) is 9.88 Å². The third-order valence-electron chi connectivity index (χ3n) is 5.54. The number of ether oxygens (including phenoxy) is 1. The van der Waals surface area contributed by atoms with Gasteiger partial charge in [0.15, 0.2) is 0 Å². The van der Waals surface area contributed by atoms with Gasteiger partial charge < -0.3 is 15.4 Å². The first-order valence-corrected chi connectivity index (χ1v) is 9.88. The number of piperidine rings is 1. The zero-order valence-electron chi connectivity index (χ0n) is 16.8. The lowest BCUT2D eigenvalue weighted by atomic mass is 9.99. The van der Waals surface area contributed by atoms with Crippen LogP contribution in [-0.2, 0) is 11.3 Å². The van der Waals surface area contributed by atoms with Crippen LogP contribution in [0.3, 0.4) is 0 Å². The Morgan fingerprint density at radius 1 is 1.29 bits per heavy atom. The Bertz CT molecular complexity index is 743. The quantitative estimate of drug-likeness (QED) is 0.760. The van der Waals surface area contributed by atoms with Gasteiger partial charge in [0.2, 0.25) is 5.91 Å². The molecule has 2 heterocycles. The van der Waals surface area contributed by atoms with Gasteiger partial charge in [-0.25, -0.2) is 0 Å². The summed E-state index contributed by atoms with van der Waals surface area (Å²) < 4.78 is 5.31. The summed E-state index contributed by atoms with van der Waals surface area (Å²) in [6, 6.07) is 13.0. The number of likely N-dealkylation sites (tertiary alicyclic amines) is 1. The average molecular weight is 383 g/mol. The van der Waals surface area contributed by atoms with Crippen molar-refractivity contribution >= 4 is 11.6 Å². The van der Waals surface area contributed by atoms with E-state index in [-0.39, 0.29) is 11.9 Å². The van der Waals surface area contributed by atoms with E-state index in [0.29, 0.717) is 12.5 Å². The van der Waals surface area contributed by atoms with Gasteiger partial charge in [0.25, 0.3) is 0 Å². The molecule has 1 atom stereocenters. The molecule has 0 bridgehead atoms. The first kappa shape index (κ1) is 20.1. The topological polar surface area (TPSA) is 71.7 Å². The number of nitrogens with two attached hydrogens (primary N) is 1. The highest BCUT2D eigenvalue weighted by Crippen LogP contribution is 2.28. The van der Waals surface area contributed by atoms with Crippen LogP contribution >= 0.6 is 0 Å². The molecule has 1 fully saturated rings. The molecule has 1 aliphatic heterocycles. The summed E-state index contributed by atoms with van der Waals surface area (Å²) in [7, 11) is 1.69. The normalized spacial score (nSPS) is 16.5. The highest BCUT2D eigenvalue weighted by Gasteiger charge is 2.27. The molecule has 3 rings (SSSR count). The SMILES string of the molecule is COc1ccc(N(Cc2cccnc2)C2CCN([C@H](C)CC(N)=O)CC2)cc1. The fourth-order valence-electron chi connectivity index (χ4n) is 3.95. The second-order valence-corrected chi connectivity index (χ2v) is 7.47. The largest absolute Gasteiger partial charge is 0.497 e. The molecule has 0 saturated carbocycles. The number of rotatable bonds is 8. The molecule has 1 aromatic carbocycles. The average Bonchev–Trinajstić information content (AvgIpc) is 2.72. The minimum Gasteiger partial charge on any atom is -0.497 e. The maximum absolute atomic E-state index is 11.2. The van der Waals surface area contributed by atoms with E-state index in [0.717, 1.165) is 38.2 Å². The lowest BCUT2D eigenvalue weighted by molar-refractivity contribution is -0.119. The van der Waals surface area contributed by atoms with E-state index in [4.69, 9.17) is 10.5 Å². The number of methoxy groups -OCH3 is 1. The van der Waals surface area contributed by atoms with Crippen LogP contribution in [0.4, 0.5) is 5.69 Å². The standard InChI is InChI=1S/C22H30N4O2/c1-17(14-22(23)27)25-12-9-20(10-13-25)26(16-18-4-3-11-24-15-18)19-5-7-21(28-2)8-6-19/h3-8,11,15,17,20H,9-10,12-14,16H2,1-2H3,(H2,23,27)/t17-/m1/s1. The van der Waals surface area contributed by atoms with E-state index in [1.165, 1.54) is 11.3 Å². The molecule has 1 saturated heterocycles. The van der Waals surface area contributed by atoms with E-state index in [1.807, 2.05) is 24.4 Å². The third-order valence-corrected chi connectivity index (χ3v) is 5.54. The molecule has 1 aliphatic rings. The van der Waals surface area contributed by atoms with Crippen molar-refractivity contribution in [2.45, 2.75) is 44.8 Å².